The summed E-state index contributed by atoms with van der Waals surface area (Å²) in [6, 6.07) is 19.9. The number of pyridine rings is 2. The van der Waals surface area contributed by atoms with Gasteiger partial charge in [0.1, 0.15) is 0 Å². The Bertz CT molecular complexity index is 1390. The molecule has 4 nitrogen and oxygen atoms in total. The minimum atomic E-state index is -0.160. The molecule has 0 saturated carbocycles. The molecule has 0 N–H and O–H groups in total. The number of hydrogen-bond donors (Lipinski definition) is 0. The molecule has 0 spiro atoms. The zero-order chi connectivity index (χ0) is 17.1. The number of aromatic nitrogens is 1. The van der Waals surface area contributed by atoms with E-state index in [0.717, 1.165) is 11.0 Å². The third-order valence-corrected chi connectivity index (χ3v) is 4.73. The van der Waals surface area contributed by atoms with Gasteiger partial charge in [-0.15, -0.1) is 0 Å². The van der Waals surface area contributed by atoms with Gasteiger partial charge in [0.25, 0.3) is 0 Å². The van der Waals surface area contributed by atoms with Crippen molar-refractivity contribution in [1.29, 1.82) is 5.26 Å². The first kappa shape index (κ1) is 13.7. The van der Waals surface area contributed by atoms with Crippen LogP contribution in [0, 0.1) is 11.3 Å². The average molecular weight is 322 g/mol. The molecule has 0 bridgehead atoms. The molecule has 3 aromatic carbocycles. The summed E-state index contributed by atoms with van der Waals surface area (Å²) in [5.74, 6) is 0. The number of nitrogens with zero attached hydrogens (tertiary/aromatic N) is 2. The second-order valence-electron chi connectivity index (χ2n) is 6.06. The second kappa shape index (κ2) is 4.65. The molecular formula is C21H10N2O2. The summed E-state index contributed by atoms with van der Waals surface area (Å²) in [6.45, 7) is 0. The van der Waals surface area contributed by atoms with E-state index in [4.69, 9.17) is 0 Å². The lowest BCUT2D eigenvalue weighted by Gasteiger charge is -2.14. The standard InChI is InChI=1S/C21H10N2O2/c22-11-12-9-15-19-16(10-12)21(25)14-6-2-4-8-18(14)23(19)17-7-3-1-5-13(17)20(15)24/h1-10H. The van der Waals surface area contributed by atoms with Gasteiger partial charge in [0.2, 0.25) is 0 Å². The summed E-state index contributed by atoms with van der Waals surface area (Å²) in [5, 5.41) is 11.3. The molecule has 4 heteroatoms. The highest BCUT2D eigenvalue weighted by Gasteiger charge is 2.17. The van der Waals surface area contributed by atoms with Crippen molar-refractivity contribution < 1.29 is 0 Å². The van der Waals surface area contributed by atoms with Crippen LogP contribution in [0.15, 0.2) is 70.3 Å². The number of fused-ring (bicyclic) bond motifs is 4. The van der Waals surface area contributed by atoms with Gasteiger partial charge in [-0.3, -0.25) is 9.59 Å². The highest BCUT2D eigenvalue weighted by Crippen LogP contribution is 2.27. The van der Waals surface area contributed by atoms with Crippen LogP contribution in [0.3, 0.4) is 0 Å². The number of para-hydroxylation sites is 2. The van der Waals surface area contributed by atoms with Gasteiger partial charge < -0.3 is 4.40 Å². The number of nitriles is 1. The zero-order valence-electron chi connectivity index (χ0n) is 13.0. The molecule has 0 atom stereocenters. The van der Waals surface area contributed by atoms with Gasteiger partial charge in [-0.1, -0.05) is 24.3 Å². The van der Waals surface area contributed by atoms with Crippen molar-refractivity contribution in [1.82, 2.24) is 4.40 Å². The van der Waals surface area contributed by atoms with Crippen molar-refractivity contribution in [2.24, 2.45) is 0 Å². The first-order valence-electron chi connectivity index (χ1n) is 7.86. The molecule has 0 aliphatic heterocycles. The maximum atomic E-state index is 13.0. The quantitative estimate of drug-likeness (QED) is 0.324. The van der Waals surface area contributed by atoms with Gasteiger partial charge in [-0.05, 0) is 36.4 Å². The molecule has 0 fully saturated rings. The lowest BCUT2D eigenvalue weighted by Crippen LogP contribution is -2.14. The van der Waals surface area contributed by atoms with Gasteiger partial charge in [-0.2, -0.15) is 5.26 Å². The molecule has 0 aliphatic carbocycles. The molecule has 0 radical (unpaired) electrons. The Balaban J connectivity index is 2.34. The van der Waals surface area contributed by atoms with Gasteiger partial charge in [-0.25, -0.2) is 0 Å². The van der Waals surface area contributed by atoms with Crippen molar-refractivity contribution in [2.75, 3.05) is 0 Å². The van der Waals surface area contributed by atoms with E-state index in [0.29, 0.717) is 32.6 Å². The second-order valence-corrected chi connectivity index (χ2v) is 6.06. The Morgan fingerprint density at radius 3 is 1.68 bits per heavy atom. The lowest BCUT2D eigenvalue weighted by molar-refractivity contribution is 1.31. The number of benzene rings is 3. The normalized spacial score (nSPS) is 11.5. The van der Waals surface area contributed by atoms with E-state index in [1.54, 1.807) is 24.3 Å². The molecule has 116 valence electrons. The fourth-order valence-electron chi connectivity index (χ4n) is 3.67. The van der Waals surface area contributed by atoms with Crippen LogP contribution in [0.1, 0.15) is 5.56 Å². The maximum Gasteiger partial charge on any atom is 0.197 e. The number of rotatable bonds is 0. The molecule has 0 amide bonds. The smallest absolute Gasteiger partial charge is 0.197 e. The van der Waals surface area contributed by atoms with Gasteiger partial charge in [0, 0.05) is 21.5 Å². The molecule has 0 unspecified atom stereocenters. The van der Waals surface area contributed by atoms with Crippen molar-refractivity contribution >= 4 is 38.1 Å². The van der Waals surface area contributed by atoms with E-state index in [1.165, 1.54) is 0 Å². The number of hydrogen-bond acceptors (Lipinski definition) is 3. The van der Waals surface area contributed by atoms with E-state index in [-0.39, 0.29) is 10.9 Å². The monoisotopic (exact) mass is 322 g/mol. The van der Waals surface area contributed by atoms with Crippen molar-refractivity contribution in [2.45, 2.75) is 0 Å². The van der Waals surface area contributed by atoms with Crippen LogP contribution in [0.5, 0.6) is 0 Å². The van der Waals surface area contributed by atoms with Crippen LogP contribution in [-0.4, -0.2) is 4.40 Å². The zero-order valence-corrected chi connectivity index (χ0v) is 13.0. The van der Waals surface area contributed by atoms with Crippen LogP contribution in [0.4, 0.5) is 0 Å². The average Bonchev–Trinajstić information content (AvgIpc) is 2.67. The fourth-order valence-corrected chi connectivity index (χ4v) is 3.67. The lowest BCUT2D eigenvalue weighted by atomic mass is 10.0. The van der Waals surface area contributed by atoms with Crippen LogP contribution in [0.2, 0.25) is 0 Å². The predicted molar refractivity (Wildman–Crippen MR) is 98.4 cm³/mol. The highest BCUT2D eigenvalue weighted by atomic mass is 16.1. The molecule has 25 heavy (non-hydrogen) atoms. The first-order chi connectivity index (χ1) is 12.2. The maximum absolute atomic E-state index is 13.0. The molecule has 5 aromatic rings. The van der Waals surface area contributed by atoms with Crippen molar-refractivity contribution in [3.05, 3.63) is 86.7 Å². The van der Waals surface area contributed by atoms with Gasteiger partial charge in [0.05, 0.1) is 28.2 Å². The minimum Gasteiger partial charge on any atom is -0.308 e. The van der Waals surface area contributed by atoms with Crippen LogP contribution in [-0.2, 0) is 0 Å². The molecule has 2 heterocycles. The Hall–Kier alpha value is -3.71. The summed E-state index contributed by atoms with van der Waals surface area (Å²) in [4.78, 5) is 26.0. The molecule has 5 rings (SSSR count). The fraction of sp³-hybridized carbons (Fsp3) is 0. The van der Waals surface area contributed by atoms with E-state index < -0.39 is 0 Å². The van der Waals surface area contributed by atoms with Crippen molar-refractivity contribution in [3.8, 4) is 6.07 Å². The Morgan fingerprint density at radius 1 is 0.720 bits per heavy atom. The van der Waals surface area contributed by atoms with Crippen LogP contribution in [0.25, 0.3) is 38.1 Å². The van der Waals surface area contributed by atoms with E-state index in [1.807, 2.05) is 40.8 Å². The molecule has 0 saturated heterocycles. The Morgan fingerprint density at radius 2 is 1.20 bits per heavy atom. The first-order valence-corrected chi connectivity index (χ1v) is 7.86. The SMILES string of the molecule is N#Cc1cc2c(=O)c3ccccc3n3c4ccccc4c(=O)c(c1)c23. The van der Waals surface area contributed by atoms with Crippen molar-refractivity contribution in [3.63, 3.8) is 0 Å². The minimum absolute atomic E-state index is 0.160. The third-order valence-electron chi connectivity index (χ3n) is 4.73. The summed E-state index contributed by atoms with van der Waals surface area (Å²) < 4.78 is 1.96. The highest BCUT2D eigenvalue weighted by molar-refractivity contribution is 6.08. The molecular weight excluding hydrogens is 312 g/mol. The Kier molecular flexibility index (Phi) is 2.55. The van der Waals surface area contributed by atoms with Crippen LogP contribution >= 0.6 is 0 Å². The van der Waals surface area contributed by atoms with Crippen LogP contribution < -0.4 is 10.9 Å². The summed E-state index contributed by atoms with van der Waals surface area (Å²) >= 11 is 0. The Labute approximate surface area is 141 Å². The van der Waals surface area contributed by atoms with E-state index >= 15 is 0 Å². The third kappa shape index (κ3) is 1.64. The van der Waals surface area contributed by atoms with Gasteiger partial charge >= 0.3 is 0 Å². The largest absolute Gasteiger partial charge is 0.308 e. The molecule has 2 aromatic heterocycles. The summed E-state index contributed by atoms with van der Waals surface area (Å²) in [5.41, 5.74) is 2.08. The van der Waals surface area contributed by atoms with Gasteiger partial charge in [0.15, 0.2) is 10.9 Å². The molecule has 0 aliphatic rings. The van der Waals surface area contributed by atoms with E-state index in [9.17, 15) is 14.9 Å². The predicted octanol–water partition coefficient (Wildman–Crippen LogP) is 3.43. The summed E-state index contributed by atoms with van der Waals surface area (Å²) in [6.07, 6.45) is 0. The summed E-state index contributed by atoms with van der Waals surface area (Å²) in [7, 11) is 0. The van der Waals surface area contributed by atoms with E-state index in [2.05, 4.69) is 6.07 Å². The topological polar surface area (TPSA) is 62.3 Å².